The molecule has 0 spiro atoms. The Bertz CT molecular complexity index is 1150. The second kappa shape index (κ2) is 9.21. The zero-order valence-corrected chi connectivity index (χ0v) is 17.9. The van der Waals surface area contributed by atoms with E-state index in [2.05, 4.69) is 12.0 Å². The Kier molecular flexibility index (Phi) is 6.20. The molecule has 0 aromatic heterocycles. The van der Waals surface area contributed by atoms with Crippen molar-refractivity contribution in [2.24, 2.45) is 0 Å². The minimum atomic E-state index is -0.549. The summed E-state index contributed by atoms with van der Waals surface area (Å²) in [6.45, 7) is 4.72. The van der Waals surface area contributed by atoms with Crippen LogP contribution in [0.5, 0.6) is 0 Å². The topological polar surface area (TPSA) is 78.7 Å². The van der Waals surface area contributed by atoms with Gasteiger partial charge in [-0.3, -0.25) is 25.2 Å². The highest BCUT2D eigenvalue weighted by Crippen LogP contribution is 2.33. The maximum Gasteiger partial charge on any atom is 0.269 e. The minimum absolute atomic E-state index is 0.0296. The second-order valence-electron chi connectivity index (χ2n) is 7.48. The first-order valence-corrected chi connectivity index (χ1v) is 10.4. The number of hydrazine groups is 1. The number of amides is 1. The molecule has 1 amide bonds. The first-order valence-electron chi connectivity index (χ1n) is 9.98. The van der Waals surface area contributed by atoms with Crippen molar-refractivity contribution in [3.63, 3.8) is 0 Å². The van der Waals surface area contributed by atoms with Crippen molar-refractivity contribution >= 4 is 28.9 Å². The molecule has 0 bridgehead atoms. The highest BCUT2D eigenvalue weighted by molar-refractivity contribution is 6.30. The highest BCUT2D eigenvalue weighted by Gasteiger charge is 2.40. The minimum Gasteiger partial charge on any atom is -0.294 e. The number of rotatable bonds is 7. The van der Waals surface area contributed by atoms with Crippen LogP contribution in [0.25, 0.3) is 5.70 Å². The van der Waals surface area contributed by atoms with Crippen LogP contribution in [-0.2, 0) is 11.3 Å². The van der Waals surface area contributed by atoms with Gasteiger partial charge in [-0.15, -0.1) is 0 Å². The van der Waals surface area contributed by atoms with E-state index in [0.29, 0.717) is 22.8 Å². The van der Waals surface area contributed by atoms with Gasteiger partial charge in [-0.25, -0.2) is 5.01 Å². The van der Waals surface area contributed by atoms with Crippen LogP contribution in [0.2, 0.25) is 5.02 Å². The first-order chi connectivity index (χ1) is 15.4. The Balaban J connectivity index is 1.67. The van der Waals surface area contributed by atoms with Gasteiger partial charge in [0.1, 0.15) is 6.17 Å². The lowest BCUT2D eigenvalue weighted by Gasteiger charge is -2.31. The number of nitro benzene ring substituents is 1. The molecule has 1 aliphatic heterocycles. The molecule has 3 aromatic rings. The van der Waals surface area contributed by atoms with Crippen molar-refractivity contribution in [3.05, 3.63) is 117 Å². The molecule has 1 unspecified atom stereocenters. The van der Waals surface area contributed by atoms with Gasteiger partial charge >= 0.3 is 0 Å². The smallest absolute Gasteiger partial charge is 0.269 e. The molecular formula is C24H21ClN4O3. The molecular weight excluding hydrogens is 428 g/mol. The number of nitrogens with one attached hydrogen (secondary N) is 1. The van der Waals surface area contributed by atoms with Gasteiger partial charge in [-0.2, -0.15) is 0 Å². The number of carbonyl (C=O) groups is 1. The van der Waals surface area contributed by atoms with Crippen molar-refractivity contribution in [2.45, 2.75) is 12.7 Å². The number of hydrogen-bond donors (Lipinski definition) is 1. The summed E-state index contributed by atoms with van der Waals surface area (Å²) in [5.41, 5.74) is 6.05. The van der Waals surface area contributed by atoms with Crippen LogP contribution in [0.1, 0.15) is 22.9 Å². The largest absolute Gasteiger partial charge is 0.294 e. The molecule has 1 heterocycles. The summed E-state index contributed by atoms with van der Waals surface area (Å²) in [7, 11) is 0. The summed E-state index contributed by atoms with van der Waals surface area (Å²) in [6.07, 6.45) is -0.549. The van der Waals surface area contributed by atoms with Gasteiger partial charge in [0.05, 0.1) is 17.2 Å². The number of nitro groups is 1. The standard InChI is InChI=1S/C24H21ClN4O3/c1-17(19-10-12-21(25)13-11-19)26-28-23(30)16-27(15-18-6-3-2-4-7-18)24(28)20-8-5-9-22(14-20)29(31)32/h2-14,24,26H,1,15-16H2. The summed E-state index contributed by atoms with van der Waals surface area (Å²) in [6, 6.07) is 23.2. The number of hydrogen-bond acceptors (Lipinski definition) is 5. The van der Waals surface area contributed by atoms with Gasteiger partial charge in [-0.05, 0) is 28.8 Å². The molecule has 7 nitrogen and oxygen atoms in total. The molecule has 1 atom stereocenters. The zero-order valence-electron chi connectivity index (χ0n) is 17.1. The van der Waals surface area contributed by atoms with E-state index in [1.54, 1.807) is 24.3 Å². The third kappa shape index (κ3) is 4.64. The third-order valence-electron chi connectivity index (χ3n) is 5.25. The maximum atomic E-state index is 13.0. The van der Waals surface area contributed by atoms with Crippen molar-refractivity contribution in [1.82, 2.24) is 15.3 Å². The fraction of sp³-hybridized carbons (Fsp3) is 0.125. The van der Waals surface area contributed by atoms with Crippen molar-refractivity contribution in [3.8, 4) is 0 Å². The van der Waals surface area contributed by atoms with Gasteiger partial charge in [0, 0.05) is 23.7 Å². The number of benzene rings is 3. The summed E-state index contributed by atoms with van der Waals surface area (Å²) < 4.78 is 0. The average molecular weight is 449 g/mol. The molecule has 0 aliphatic carbocycles. The summed E-state index contributed by atoms with van der Waals surface area (Å²) in [4.78, 5) is 25.9. The van der Waals surface area contributed by atoms with Gasteiger partial charge in [0.25, 0.3) is 11.6 Å². The fourth-order valence-electron chi connectivity index (χ4n) is 3.74. The van der Waals surface area contributed by atoms with E-state index in [1.165, 1.54) is 17.1 Å². The van der Waals surface area contributed by atoms with Crippen LogP contribution in [0, 0.1) is 10.1 Å². The average Bonchev–Trinajstić information content (AvgIpc) is 3.09. The molecule has 8 heteroatoms. The number of carbonyl (C=O) groups excluding carboxylic acids is 1. The predicted octanol–water partition coefficient (Wildman–Crippen LogP) is 4.77. The Morgan fingerprint density at radius 2 is 1.81 bits per heavy atom. The predicted molar refractivity (Wildman–Crippen MR) is 123 cm³/mol. The SMILES string of the molecule is C=C(NN1C(=O)CN(Cc2ccccc2)C1c1cccc([N+](=O)[O-])c1)c1ccc(Cl)cc1. The van der Waals surface area contributed by atoms with Gasteiger partial charge in [0.15, 0.2) is 0 Å². The number of halogens is 1. The molecule has 32 heavy (non-hydrogen) atoms. The molecule has 4 rings (SSSR count). The lowest BCUT2D eigenvalue weighted by Crippen LogP contribution is -2.41. The van der Waals surface area contributed by atoms with Crippen molar-refractivity contribution < 1.29 is 9.72 Å². The van der Waals surface area contributed by atoms with E-state index in [4.69, 9.17) is 11.6 Å². The monoisotopic (exact) mass is 448 g/mol. The van der Waals surface area contributed by atoms with E-state index >= 15 is 0 Å². The summed E-state index contributed by atoms with van der Waals surface area (Å²) in [5.74, 6) is -0.160. The molecule has 1 saturated heterocycles. The van der Waals surface area contributed by atoms with E-state index in [9.17, 15) is 14.9 Å². The molecule has 0 saturated carbocycles. The lowest BCUT2D eigenvalue weighted by molar-refractivity contribution is -0.385. The number of non-ortho nitro benzene ring substituents is 1. The molecule has 1 aliphatic rings. The molecule has 3 aromatic carbocycles. The third-order valence-corrected chi connectivity index (χ3v) is 5.51. The molecule has 1 N–H and O–H groups in total. The quantitative estimate of drug-likeness (QED) is 0.416. The van der Waals surface area contributed by atoms with E-state index in [0.717, 1.165) is 11.1 Å². The highest BCUT2D eigenvalue weighted by atomic mass is 35.5. The summed E-state index contributed by atoms with van der Waals surface area (Å²) >= 11 is 5.97. The molecule has 162 valence electrons. The zero-order chi connectivity index (χ0) is 22.7. The van der Waals surface area contributed by atoms with Crippen LogP contribution < -0.4 is 5.43 Å². The van der Waals surface area contributed by atoms with Crippen molar-refractivity contribution in [1.29, 1.82) is 0 Å². The number of nitrogens with zero attached hydrogens (tertiary/aromatic N) is 3. The van der Waals surface area contributed by atoms with Crippen LogP contribution in [-0.4, -0.2) is 27.3 Å². The van der Waals surface area contributed by atoms with Gasteiger partial charge in [-0.1, -0.05) is 72.8 Å². The first kappa shape index (κ1) is 21.5. The van der Waals surface area contributed by atoms with Gasteiger partial charge in [0.2, 0.25) is 0 Å². The Morgan fingerprint density at radius 3 is 2.50 bits per heavy atom. The van der Waals surface area contributed by atoms with Crippen LogP contribution in [0.4, 0.5) is 5.69 Å². The van der Waals surface area contributed by atoms with Crippen LogP contribution in [0.3, 0.4) is 0 Å². The Labute approximate surface area is 190 Å². The van der Waals surface area contributed by atoms with Crippen LogP contribution >= 0.6 is 11.6 Å². The second-order valence-corrected chi connectivity index (χ2v) is 7.91. The Hall–Kier alpha value is -3.68. The van der Waals surface area contributed by atoms with Crippen molar-refractivity contribution in [2.75, 3.05) is 6.54 Å². The fourth-order valence-corrected chi connectivity index (χ4v) is 3.87. The van der Waals surface area contributed by atoms with E-state index < -0.39 is 11.1 Å². The lowest BCUT2D eigenvalue weighted by atomic mass is 10.1. The maximum absolute atomic E-state index is 13.0. The van der Waals surface area contributed by atoms with Crippen LogP contribution in [0.15, 0.2) is 85.4 Å². The summed E-state index contributed by atoms with van der Waals surface area (Å²) in [5, 5.41) is 13.4. The molecule has 0 radical (unpaired) electrons. The normalized spacial score (nSPS) is 16.2. The molecule has 1 fully saturated rings. The van der Waals surface area contributed by atoms with E-state index in [1.807, 2.05) is 47.4 Å². The van der Waals surface area contributed by atoms with Gasteiger partial charge < -0.3 is 0 Å². The van der Waals surface area contributed by atoms with E-state index in [-0.39, 0.29) is 18.1 Å². The Morgan fingerprint density at radius 1 is 1.09 bits per heavy atom.